The number of hydrogen-bond acceptors (Lipinski definition) is 5. The van der Waals surface area contributed by atoms with Crippen LogP contribution in [0.4, 0.5) is 5.69 Å². The average molecular weight is 262 g/mol. The molecule has 1 aliphatic heterocycles. The fourth-order valence-corrected chi connectivity index (χ4v) is 2.57. The quantitative estimate of drug-likeness (QED) is 0.842. The van der Waals surface area contributed by atoms with Crippen LogP contribution in [-0.4, -0.2) is 49.4 Å². The van der Waals surface area contributed by atoms with Gasteiger partial charge < -0.3 is 10.3 Å². The number of nitriles is 1. The van der Waals surface area contributed by atoms with Crippen LogP contribution < -0.4 is 5.43 Å². The summed E-state index contributed by atoms with van der Waals surface area (Å²) in [6.45, 7) is 4.06. The molecular weight excluding hydrogens is 244 g/mol. The number of rotatable bonds is 3. The van der Waals surface area contributed by atoms with Gasteiger partial charge in [0, 0.05) is 31.1 Å². The van der Waals surface area contributed by atoms with Crippen LogP contribution in [0.3, 0.4) is 0 Å². The third-order valence-electron chi connectivity index (χ3n) is 3.14. The number of anilines is 1. The molecule has 1 N–H and O–H groups in total. The molecule has 1 fully saturated rings. The lowest BCUT2D eigenvalue weighted by molar-refractivity contribution is 0.179. The van der Waals surface area contributed by atoms with Crippen LogP contribution >= 0.6 is 11.8 Å². The van der Waals surface area contributed by atoms with Gasteiger partial charge in [0.25, 0.3) is 0 Å². The molecule has 18 heavy (non-hydrogen) atoms. The molecule has 0 atom stereocenters. The van der Waals surface area contributed by atoms with E-state index < -0.39 is 0 Å². The van der Waals surface area contributed by atoms with E-state index in [1.807, 2.05) is 24.5 Å². The minimum atomic E-state index is 0.740. The van der Waals surface area contributed by atoms with Crippen LogP contribution in [0.25, 0.3) is 0 Å². The Bertz CT molecular complexity index is 447. The normalized spacial score (nSPS) is 17.4. The van der Waals surface area contributed by atoms with Crippen molar-refractivity contribution in [1.29, 1.82) is 5.26 Å². The summed E-state index contributed by atoms with van der Waals surface area (Å²) in [5.74, 6) is 0. The first-order chi connectivity index (χ1) is 8.74. The Morgan fingerprint density at radius 3 is 2.61 bits per heavy atom. The number of likely N-dealkylation sites (N-methyl/N-ethyl adjacent to an activating group) is 1. The van der Waals surface area contributed by atoms with E-state index in [0.29, 0.717) is 0 Å². The van der Waals surface area contributed by atoms with Crippen molar-refractivity contribution in [3.05, 3.63) is 23.8 Å². The van der Waals surface area contributed by atoms with Gasteiger partial charge in [-0.15, -0.1) is 11.8 Å². The maximum Gasteiger partial charge on any atom is 0.103 e. The van der Waals surface area contributed by atoms with E-state index in [4.69, 9.17) is 0 Å². The van der Waals surface area contributed by atoms with E-state index in [0.717, 1.165) is 42.3 Å². The molecule has 0 aromatic heterocycles. The summed E-state index contributed by atoms with van der Waals surface area (Å²) in [7, 11) is 2.13. The molecule has 5 heteroatoms. The molecule has 4 nitrogen and oxygen atoms in total. The highest BCUT2D eigenvalue weighted by atomic mass is 32.2. The Kier molecular flexibility index (Phi) is 4.48. The highest BCUT2D eigenvalue weighted by molar-refractivity contribution is 7.98. The van der Waals surface area contributed by atoms with Crippen molar-refractivity contribution >= 4 is 17.4 Å². The van der Waals surface area contributed by atoms with Crippen molar-refractivity contribution in [3.63, 3.8) is 0 Å². The molecule has 96 valence electrons. The first-order valence-corrected chi connectivity index (χ1v) is 7.24. The summed E-state index contributed by atoms with van der Waals surface area (Å²) < 4.78 is 0. The Morgan fingerprint density at radius 2 is 2.00 bits per heavy atom. The van der Waals surface area contributed by atoms with Gasteiger partial charge in [-0.25, -0.2) is 5.01 Å². The molecule has 1 aromatic carbocycles. The topological polar surface area (TPSA) is 42.3 Å². The van der Waals surface area contributed by atoms with Crippen LogP contribution in [0.5, 0.6) is 0 Å². The number of thioether (sulfide) groups is 1. The summed E-state index contributed by atoms with van der Waals surface area (Å²) in [5, 5.41) is 11.5. The maximum absolute atomic E-state index is 9.27. The number of hydrogen-bond donors (Lipinski definition) is 1. The molecule has 0 radical (unpaired) electrons. The van der Waals surface area contributed by atoms with Crippen molar-refractivity contribution in [2.24, 2.45) is 0 Å². The smallest absolute Gasteiger partial charge is 0.103 e. The van der Waals surface area contributed by atoms with Crippen LogP contribution in [0.2, 0.25) is 0 Å². The van der Waals surface area contributed by atoms with E-state index in [1.54, 1.807) is 11.8 Å². The van der Waals surface area contributed by atoms with Gasteiger partial charge in [0.2, 0.25) is 0 Å². The van der Waals surface area contributed by atoms with E-state index in [2.05, 4.69) is 28.5 Å². The number of hydrazine groups is 1. The number of benzene rings is 1. The monoisotopic (exact) mass is 262 g/mol. The Morgan fingerprint density at radius 1 is 1.28 bits per heavy atom. The third kappa shape index (κ3) is 2.96. The fourth-order valence-electron chi connectivity index (χ4n) is 2.00. The molecule has 0 amide bonds. The van der Waals surface area contributed by atoms with Gasteiger partial charge in [0.15, 0.2) is 0 Å². The SMILES string of the molecule is CSc1cccc(NN2CCN(C)CC2)c1C#N. The van der Waals surface area contributed by atoms with E-state index >= 15 is 0 Å². The van der Waals surface area contributed by atoms with Gasteiger partial charge in [-0.1, -0.05) is 6.07 Å². The second-order valence-corrected chi connectivity index (χ2v) is 5.24. The van der Waals surface area contributed by atoms with E-state index in [9.17, 15) is 5.26 Å². The summed E-state index contributed by atoms with van der Waals surface area (Å²) in [5.41, 5.74) is 5.02. The van der Waals surface area contributed by atoms with Crippen molar-refractivity contribution in [2.45, 2.75) is 4.90 Å². The molecule has 1 aromatic rings. The minimum absolute atomic E-state index is 0.740. The largest absolute Gasteiger partial charge is 0.317 e. The highest BCUT2D eigenvalue weighted by Gasteiger charge is 2.15. The van der Waals surface area contributed by atoms with Crippen LogP contribution in [0.1, 0.15) is 5.56 Å². The zero-order valence-corrected chi connectivity index (χ0v) is 11.6. The summed E-state index contributed by atoms with van der Waals surface area (Å²) in [4.78, 5) is 3.33. The lowest BCUT2D eigenvalue weighted by Crippen LogP contribution is -2.47. The van der Waals surface area contributed by atoms with Crippen molar-refractivity contribution in [1.82, 2.24) is 9.91 Å². The Hall–Kier alpha value is -1.22. The third-order valence-corrected chi connectivity index (χ3v) is 3.92. The molecule has 0 saturated carbocycles. The molecule has 1 heterocycles. The van der Waals surface area contributed by atoms with Crippen LogP contribution in [0, 0.1) is 11.3 Å². The minimum Gasteiger partial charge on any atom is -0.317 e. The predicted octanol–water partition coefficient (Wildman–Crippen LogP) is 1.85. The van der Waals surface area contributed by atoms with Gasteiger partial charge in [0.1, 0.15) is 6.07 Å². The van der Waals surface area contributed by atoms with Crippen molar-refractivity contribution < 1.29 is 0 Å². The summed E-state index contributed by atoms with van der Waals surface area (Å²) >= 11 is 1.61. The molecule has 0 unspecified atom stereocenters. The van der Waals surface area contributed by atoms with Crippen molar-refractivity contribution in [3.8, 4) is 6.07 Å². The number of nitrogens with zero attached hydrogens (tertiary/aromatic N) is 3. The first kappa shape index (κ1) is 13.2. The fraction of sp³-hybridized carbons (Fsp3) is 0.462. The number of piperazine rings is 1. The lowest BCUT2D eigenvalue weighted by Gasteiger charge is -2.33. The van der Waals surface area contributed by atoms with Crippen molar-refractivity contribution in [2.75, 3.05) is 44.9 Å². The number of nitrogens with one attached hydrogen (secondary N) is 1. The Balaban J connectivity index is 2.12. The summed E-state index contributed by atoms with van der Waals surface area (Å²) in [6.07, 6.45) is 2.00. The zero-order valence-electron chi connectivity index (χ0n) is 10.8. The highest BCUT2D eigenvalue weighted by Crippen LogP contribution is 2.26. The second-order valence-electron chi connectivity index (χ2n) is 4.40. The lowest BCUT2D eigenvalue weighted by atomic mass is 10.2. The molecular formula is C13H18N4S. The molecule has 1 aliphatic rings. The molecule has 2 rings (SSSR count). The summed E-state index contributed by atoms with van der Waals surface area (Å²) in [6, 6.07) is 8.24. The Labute approximate surface area is 113 Å². The van der Waals surface area contributed by atoms with Crippen LogP contribution in [0.15, 0.2) is 23.1 Å². The van der Waals surface area contributed by atoms with Crippen LogP contribution in [-0.2, 0) is 0 Å². The van der Waals surface area contributed by atoms with Gasteiger partial charge in [0.05, 0.1) is 11.3 Å². The van der Waals surface area contributed by atoms with E-state index in [1.165, 1.54) is 0 Å². The first-order valence-electron chi connectivity index (χ1n) is 6.02. The molecule has 0 aliphatic carbocycles. The predicted molar refractivity (Wildman–Crippen MR) is 75.6 cm³/mol. The van der Waals surface area contributed by atoms with Gasteiger partial charge >= 0.3 is 0 Å². The standard InChI is InChI=1S/C13H18N4S/c1-16-6-8-17(9-7-16)15-12-4-3-5-13(18-2)11(12)10-14/h3-5,15H,6-9H2,1-2H3. The maximum atomic E-state index is 9.27. The molecule has 0 spiro atoms. The van der Waals surface area contributed by atoms with E-state index in [-0.39, 0.29) is 0 Å². The molecule has 1 saturated heterocycles. The van der Waals surface area contributed by atoms with Gasteiger partial charge in [-0.2, -0.15) is 5.26 Å². The van der Waals surface area contributed by atoms with Gasteiger partial charge in [-0.3, -0.25) is 0 Å². The zero-order chi connectivity index (χ0) is 13.0. The molecule has 0 bridgehead atoms. The van der Waals surface area contributed by atoms with Gasteiger partial charge in [-0.05, 0) is 25.4 Å². The average Bonchev–Trinajstić information content (AvgIpc) is 2.41. The second kappa shape index (κ2) is 6.10.